The van der Waals surface area contributed by atoms with Crippen molar-refractivity contribution < 1.29 is 0 Å². The van der Waals surface area contributed by atoms with Crippen LogP contribution in [-0.2, 0) is 0 Å². The molecule has 24 heavy (non-hydrogen) atoms. The van der Waals surface area contributed by atoms with Crippen molar-refractivity contribution in [2.24, 2.45) is 10.2 Å². The lowest BCUT2D eigenvalue weighted by Gasteiger charge is -2.06. The highest BCUT2D eigenvalue weighted by molar-refractivity contribution is 6.20. The van der Waals surface area contributed by atoms with Gasteiger partial charge in [-0.3, -0.25) is 0 Å². The summed E-state index contributed by atoms with van der Waals surface area (Å²) in [6.07, 6.45) is 0.743. The van der Waals surface area contributed by atoms with Gasteiger partial charge in [-0.1, -0.05) is 41.1 Å². The second-order valence-corrected chi connectivity index (χ2v) is 6.47. The Hall–Kier alpha value is -2.82. The molecule has 1 aromatic heterocycles. The van der Waals surface area contributed by atoms with Crippen molar-refractivity contribution in [3.05, 3.63) is 59.2 Å². The van der Waals surface area contributed by atoms with E-state index in [0.29, 0.717) is 6.04 Å². The molecular weight excluding hydrogens is 298 g/mol. The Labute approximate surface area is 140 Å². The average Bonchev–Trinajstić information content (AvgIpc) is 3.22. The van der Waals surface area contributed by atoms with Gasteiger partial charge in [0.15, 0.2) is 0 Å². The second kappa shape index (κ2) is 5.67. The van der Waals surface area contributed by atoms with Crippen LogP contribution in [0.2, 0.25) is 0 Å². The molecule has 0 unspecified atom stereocenters. The first kappa shape index (κ1) is 14.8. The lowest BCUT2D eigenvalue weighted by molar-refractivity contribution is 0.530. The van der Waals surface area contributed by atoms with Crippen molar-refractivity contribution in [3.8, 4) is 0 Å². The Kier molecular flexibility index (Phi) is 3.49. The first-order valence-corrected chi connectivity index (χ1v) is 8.17. The molecule has 1 aliphatic rings. The van der Waals surface area contributed by atoms with Gasteiger partial charge in [-0.05, 0) is 38.5 Å². The van der Waals surface area contributed by atoms with Crippen LogP contribution in [0.1, 0.15) is 43.0 Å². The molecule has 2 aromatic carbocycles. The Morgan fingerprint density at radius 1 is 0.917 bits per heavy atom. The zero-order chi connectivity index (χ0) is 16.7. The fraction of sp³-hybridized carbons (Fsp3) is 0.263. The highest BCUT2D eigenvalue weighted by Gasteiger charge is 2.17. The van der Waals surface area contributed by atoms with Crippen molar-refractivity contribution in [1.82, 2.24) is 15.0 Å². The number of fused-ring (bicyclic) bond motifs is 1. The number of aromatic nitrogens is 3. The summed E-state index contributed by atoms with van der Waals surface area (Å²) in [7, 11) is 0. The third-order valence-electron chi connectivity index (χ3n) is 4.30. The first-order chi connectivity index (χ1) is 11.6. The highest BCUT2D eigenvalue weighted by Crippen LogP contribution is 2.21. The van der Waals surface area contributed by atoms with Crippen molar-refractivity contribution in [2.45, 2.75) is 33.2 Å². The Balaban J connectivity index is 1.60. The van der Waals surface area contributed by atoms with E-state index in [1.807, 2.05) is 10.7 Å². The van der Waals surface area contributed by atoms with Gasteiger partial charge >= 0.3 is 0 Å². The van der Waals surface area contributed by atoms with E-state index in [9.17, 15) is 0 Å². The number of nitrogens with zero attached hydrogens (tertiary/aromatic N) is 5. The Morgan fingerprint density at radius 3 is 2.29 bits per heavy atom. The van der Waals surface area contributed by atoms with Crippen LogP contribution in [-0.4, -0.2) is 26.4 Å². The maximum atomic E-state index is 4.38. The minimum atomic E-state index is 0.293. The first-order valence-electron chi connectivity index (χ1n) is 8.17. The van der Waals surface area contributed by atoms with Crippen molar-refractivity contribution in [1.29, 1.82) is 0 Å². The summed E-state index contributed by atoms with van der Waals surface area (Å²) in [4.78, 5) is 0. The average molecular weight is 317 g/mol. The van der Waals surface area contributed by atoms with Crippen LogP contribution in [0.25, 0.3) is 11.0 Å². The number of benzene rings is 2. The molecule has 0 aliphatic carbocycles. The van der Waals surface area contributed by atoms with Gasteiger partial charge in [0.05, 0.1) is 16.9 Å². The van der Waals surface area contributed by atoms with Crippen LogP contribution < -0.4 is 0 Å². The minimum Gasteiger partial charge on any atom is -0.242 e. The molecule has 0 atom stereocenters. The molecule has 0 saturated carbocycles. The van der Waals surface area contributed by atoms with Crippen LogP contribution in [0.15, 0.2) is 52.7 Å². The monoisotopic (exact) mass is 317 g/mol. The molecule has 3 aromatic rings. The van der Waals surface area contributed by atoms with Crippen molar-refractivity contribution >= 4 is 22.5 Å². The summed E-state index contributed by atoms with van der Waals surface area (Å²) >= 11 is 0. The van der Waals surface area contributed by atoms with Crippen LogP contribution in [0.5, 0.6) is 0 Å². The maximum absolute atomic E-state index is 4.38. The molecule has 4 rings (SSSR count). The summed E-state index contributed by atoms with van der Waals surface area (Å²) < 4.78 is 1.93. The molecule has 0 bridgehead atoms. The fourth-order valence-electron chi connectivity index (χ4n) is 2.92. The number of hydrogen-bond donors (Lipinski definition) is 0. The zero-order valence-corrected chi connectivity index (χ0v) is 14.1. The van der Waals surface area contributed by atoms with Crippen LogP contribution in [0.3, 0.4) is 0 Å². The highest BCUT2D eigenvalue weighted by atomic mass is 15.4. The third-order valence-corrected chi connectivity index (χ3v) is 4.30. The molecule has 0 spiro atoms. The number of aryl methyl sites for hydroxylation is 1. The summed E-state index contributed by atoms with van der Waals surface area (Å²) in [6, 6.07) is 14.9. The quantitative estimate of drug-likeness (QED) is 0.735. The van der Waals surface area contributed by atoms with Gasteiger partial charge in [0.1, 0.15) is 5.52 Å². The van der Waals surface area contributed by atoms with Crippen LogP contribution in [0, 0.1) is 6.92 Å². The Bertz CT molecular complexity index is 961. The third kappa shape index (κ3) is 2.52. The second-order valence-electron chi connectivity index (χ2n) is 6.47. The van der Waals surface area contributed by atoms with E-state index in [0.717, 1.165) is 40.0 Å². The zero-order valence-electron chi connectivity index (χ0n) is 14.1. The molecule has 2 heterocycles. The number of hydrogen-bond acceptors (Lipinski definition) is 4. The summed E-state index contributed by atoms with van der Waals surface area (Å²) in [6.45, 7) is 6.29. The number of rotatable bonds is 3. The normalized spacial score (nSPS) is 14.3. The lowest BCUT2D eigenvalue weighted by Crippen LogP contribution is -2.05. The van der Waals surface area contributed by atoms with Gasteiger partial charge in [-0.2, -0.15) is 10.2 Å². The largest absolute Gasteiger partial charge is 0.242 e. The van der Waals surface area contributed by atoms with Gasteiger partial charge in [0.25, 0.3) is 0 Å². The van der Waals surface area contributed by atoms with Gasteiger partial charge in [-0.25, -0.2) is 4.68 Å². The van der Waals surface area contributed by atoms with Gasteiger partial charge in [0, 0.05) is 18.0 Å². The van der Waals surface area contributed by atoms with E-state index in [1.54, 1.807) is 0 Å². The lowest BCUT2D eigenvalue weighted by atomic mass is 10.00. The van der Waals surface area contributed by atoms with Gasteiger partial charge in [0.2, 0.25) is 0 Å². The molecule has 0 N–H and O–H groups in total. The molecule has 1 aliphatic heterocycles. The summed E-state index contributed by atoms with van der Waals surface area (Å²) in [5.41, 5.74) is 7.37. The van der Waals surface area contributed by atoms with Crippen LogP contribution >= 0.6 is 0 Å². The standard InChI is InChI=1S/C19H19N5/c1-12(2)24-19-9-8-15(10-18(19)22-23-24)17-11-16(20-21-17)14-6-4-13(3)5-7-14/h4-10,12H,11H2,1-3H3. The molecular formula is C19H19N5. The molecule has 0 amide bonds. The van der Waals surface area contributed by atoms with E-state index in [2.05, 4.69) is 77.7 Å². The SMILES string of the molecule is Cc1ccc(C2=NN=C(c3ccc4c(c3)nnn4C(C)C)C2)cc1. The van der Waals surface area contributed by atoms with E-state index in [-0.39, 0.29) is 0 Å². The summed E-state index contributed by atoms with van der Waals surface area (Å²) in [5.74, 6) is 0. The maximum Gasteiger partial charge on any atom is 0.113 e. The van der Waals surface area contributed by atoms with Crippen molar-refractivity contribution in [3.63, 3.8) is 0 Å². The van der Waals surface area contributed by atoms with E-state index in [1.165, 1.54) is 5.56 Å². The van der Waals surface area contributed by atoms with E-state index < -0.39 is 0 Å². The minimum absolute atomic E-state index is 0.293. The van der Waals surface area contributed by atoms with E-state index in [4.69, 9.17) is 0 Å². The Morgan fingerprint density at radius 2 is 1.58 bits per heavy atom. The molecule has 0 saturated heterocycles. The summed E-state index contributed by atoms with van der Waals surface area (Å²) in [5, 5.41) is 17.3. The topological polar surface area (TPSA) is 55.4 Å². The molecule has 5 heteroatoms. The predicted molar refractivity (Wildman–Crippen MR) is 96.8 cm³/mol. The van der Waals surface area contributed by atoms with Crippen LogP contribution in [0.4, 0.5) is 0 Å². The van der Waals surface area contributed by atoms with E-state index >= 15 is 0 Å². The van der Waals surface area contributed by atoms with Gasteiger partial charge in [-0.15, -0.1) is 5.10 Å². The van der Waals surface area contributed by atoms with Gasteiger partial charge < -0.3 is 0 Å². The smallest absolute Gasteiger partial charge is 0.113 e. The fourth-order valence-corrected chi connectivity index (χ4v) is 2.92. The molecule has 0 fully saturated rings. The molecule has 5 nitrogen and oxygen atoms in total. The molecule has 120 valence electrons. The van der Waals surface area contributed by atoms with Crippen molar-refractivity contribution in [2.75, 3.05) is 0 Å². The molecule has 0 radical (unpaired) electrons. The predicted octanol–water partition coefficient (Wildman–Crippen LogP) is 3.92.